The SMILES string of the molecule is CNCc1noc(-c2ccc(Cl)c(C)c2)n1. The van der Waals surface area contributed by atoms with Crippen molar-refractivity contribution in [3.05, 3.63) is 34.6 Å². The summed E-state index contributed by atoms with van der Waals surface area (Å²) in [5, 5.41) is 7.55. The summed E-state index contributed by atoms with van der Waals surface area (Å²) < 4.78 is 5.15. The van der Waals surface area contributed by atoms with Crippen LogP contribution in [0.2, 0.25) is 5.02 Å². The largest absolute Gasteiger partial charge is 0.334 e. The molecule has 84 valence electrons. The molecular formula is C11H12ClN3O. The Morgan fingerprint density at radius 1 is 1.44 bits per heavy atom. The molecule has 1 heterocycles. The van der Waals surface area contributed by atoms with Crippen LogP contribution in [0, 0.1) is 6.92 Å². The van der Waals surface area contributed by atoms with Gasteiger partial charge in [-0.2, -0.15) is 4.98 Å². The second kappa shape index (κ2) is 4.63. The van der Waals surface area contributed by atoms with E-state index in [1.807, 2.05) is 32.2 Å². The van der Waals surface area contributed by atoms with E-state index < -0.39 is 0 Å². The molecule has 0 fully saturated rings. The molecule has 0 aliphatic rings. The molecule has 2 aromatic rings. The Labute approximate surface area is 98.6 Å². The van der Waals surface area contributed by atoms with Crippen LogP contribution >= 0.6 is 11.6 Å². The average Bonchev–Trinajstić information content (AvgIpc) is 2.71. The zero-order chi connectivity index (χ0) is 11.5. The number of aryl methyl sites for hydroxylation is 1. The first kappa shape index (κ1) is 11.1. The molecule has 0 saturated carbocycles. The minimum Gasteiger partial charge on any atom is -0.334 e. The van der Waals surface area contributed by atoms with Gasteiger partial charge in [-0.15, -0.1) is 0 Å². The third-order valence-corrected chi connectivity index (χ3v) is 2.63. The van der Waals surface area contributed by atoms with E-state index in [9.17, 15) is 0 Å². The van der Waals surface area contributed by atoms with Gasteiger partial charge in [-0.3, -0.25) is 0 Å². The van der Waals surface area contributed by atoms with Gasteiger partial charge >= 0.3 is 0 Å². The number of hydrogen-bond acceptors (Lipinski definition) is 4. The topological polar surface area (TPSA) is 51.0 Å². The maximum absolute atomic E-state index is 5.95. The Hall–Kier alpha value is -1.39. The zero-order valence-corrected chi connectivity index (χ0v) is 9.88. The van der Waals surface area contributed by atoms with Gasteiger partial charge in [0.2, 0.25) is 0 Å². The maximum atomic E-state index is 5.95. The van der Waals surface area contributed by atoms with Crippen LogP contribution < -0.4 is 5.32 Å². The molecule has 0 saturated heterocycles. The van der Waals surface area contributed by atoms with Gasteiger partial charge in [0.05, 0.1) is 6.54 Å². The van der Waals surface area contributed by atoms with Crippen LogP contribution in [0.1, 0.15) is 11.4 Å². The number of halogens is 1. The highest BCUT2D eigenvalue weighted by Gasteiger charge is 2.08. The highest BCUT2D eigenvalue weighted by Crippen LogP contribution is 2.23. The fourth-order valence-electron chi connectivity index (χ4n) is 1.38. The van der Waals surface area contributed by atoms with Gasteiger partial charge in [0, 0.05) is 10.6 Å². The van der Waals surface area contributed by atoms with Crippen molar-refractivity contribution in [2.75, 3.05) is 7.05 Å². The second-order valence-electron chi connectivity index (χ2n) is 3.51. The second-order valence-corrected chi connectivity index (χ2v) is 3.92. The van der Waals surface area contributed by atoms with Crippen LogP contribution in [0.3, 0.4) is 0 Å². The summed E-state index contributed by atoms with van der Waals surface area (Å²) in [5.74, 6) is 1.16. The summed E-state index contributed by atoms with van der Waals surface area (Å²) in [6.45, 7) is 2.53. The lowest BCUT2D eigenvalue weighted by molar-refractivity contribution is 0.420. The molecule has 1 N–H and O–H groups in total. The molecule has 0 radical (unpaired) electrons. The Kier molecular flexibility index (Phi) is 3.22. The Morgan fingerprint density at radius 3 is 2.94 bits per heavy atom. The number of nitrogens with zero attached hydrogens (tertiary/aromatic N) is 2. The predicted molar refractivity (Wildman–Crippen MR) is 62.2 cm³/mol. The Balaban J connectivity index is 2.31. The monoisotopic (exact) mass is 237 g/mol. The third kappa shape index (κ3) is 2.23. The first-order valence-electron chi connectivity index (χ1n) is 4.94. The van der Waals surface area contributed by atoms with Crippen molar-refractivity contribution in [3.63, 3.8) is 0 Å². The van der Waals surface area contributed by atoms with E-state index in [-0.39, 0.29) is 0 Å². The van der Waals surface area contributed by atoms with Crippen molar-refractivity contribution in [2.24, 2.45) is 0 Å². The minimum atomic E-state index is 0.519. The van der Waals surface area contributed by atoms with Crippen molar-refractivity contribution in [3.8, 4) is 11.5 Å². The van der Waals surface area contributed by atoms with E-state index in [1.54, 1.807) is 0 Å². The minimum absolute atomic E-state index is 0.519. The van der Waals surface area contributed by atoms with Crippen LogP contribution in [0.4, 0.5) is 0 Å². The van der Waals surface area contributed by atoms with Crippen LogP contribution in [-0.4, -0.2) is 17.2 Å². The average molecular weight is 238 g/mol. The number of aromatic nitrogens is 2. The first-order chi connectivity index (χ1) is 7.70. The van der Waals surface area contributed by atoms with Gasteiger partial charge in [-0.1, -0.05) is 16.8 Å². The fraction of sp³-hybridized carbons (Fsp3) is 0.273. The van der Waals surface area contributed by atoms with Gasteiger partial charge in [-0.25, -0.2) is 0 Å². The molecule has 0 bridgehead atoms. The molecule has 0 aliphatic heterocycles. The first-order valence-corrected chi connectivity index (χ1v) is 5.32. The fourth-order valence-corrected chi connectivity index (χ4v) is 1.50. The number of hydrogen-bond donors (Lipinski definition) is 1. The van der Waals surface area contributed by atoms with Gasteiger partial charge in [0.25, 0.3) is 5.89 Å². The van der Waals surface area contributed by atoms with E-state index in [0.717, 1.165) is 16.1 Å². The molecule has 0 atom stereocenters. The summed E-state index contributed by atoms with van der Waals surface area (Å²) in [6, 6.07) is 5.62. The van der Waals surface area contributed by atoms with Crippen LogP contribution in [0.25, 0.3) is 11.5 Å². The van der Waals surface area contributed by atoms with Gasteiger partial charge in [0.15, 0.2) is 5.82 Å². The van der Waals surface area contributed by atoms with Gasteiger partial charge in [-0.05, 0) is 37.7 Å². The Bertz CT molecular complexity index is 496. The molecule has 1 aromatic heterocycles. The molecule has 4 nitrogen and oxygen atoms in total. The highest BCUT2D eigenvalue weighted by atomic mass is 35.5. The lowest BCUT2D eigenvalue weighted by Crippen LogP contribution is -2.06. The zero-order valence-electron chi connectivity index (χ0n) is 9.12. The molecule has 0 aliphatic carbocycles. The summed E-state index contributed by atoms with van der Waals surface area (Å²) >= 11 is 5.95. The van der Waals surface area contributed by atoms with Crippen molar-refractivity contribution < 1.29 is 4.52 Å². The molecule has 16 heavy (non-hydrogen) atoms. The Morgan fingerprint density at radius 2 is 2.25 bits per heavy atom. The summed E-state index contributed by atoms with van der Waals surface area (Å²) in [5.41, 5.74) is 1.88. The molecule has 0 unspecified atom stereocenters. The number of rotatable bonds is 3. The third-order valence-electron chi connectivity index (χ3n) is 2.21. The van der Waals surface area contributed by atoms with Gasteiger partial charge in [0.1, 0.15) is 0 Å². The van der Waals surface area contributed by atoms with Crippen LogP contribution in [-0.2, 0) is 6.54 Å². The van der Waals surface area contributed by atoms with Crippen molar-refractivity contribution in [1.29, 1.82) is 0 Å². The van der Waals surface area contributed by atoms with E-state index >= 15 is 0 Å². The molecule has 0 spiro atoms. The number of nitrogens with one attached hydrogen (secondary N) is 1. The number of benzene rings is 1. The van der Waals surface area contributed by atoms with E-state index in [1.165, 1.54) is 0 Å². The molecule has 1 aromatic carbocycles. The highest BCUT2D eigenvalue weighted by molar-refractivity contribution is 6.31. The molecular weight excluding hydrogens is 226 g/mol. The van der Waals surface area contributed by atoms with Crippen LogP contribution in [0.5, 0.6) is 0 Å². The predicted octanol–water partition coefficient (Wildman–Crippen LogP) is 2.42. The summed E-state index contributed by atoms with van der Waals surface area (Å²) in [7, 11) is 1.84. The summed E-state index contributed by atoms with van der Waals surface area (Å²) in [6.07, 6.45) is 0. The van der Waals surface area contributed by atoms with Gasteiger partial charge < -0.3 is 9.84 Å². The normalized spacial score (nSPS) is 10.7. The van der Waals surface area contributed by atoms with E-state index in [2.05, 4.69) is 15.5 Å². The lowest BCUT2D eigenvalue weighted by atomic mass is 10.1. The quantitative estimate of drug-likeness (QED) is 0.891. The van der Waals surface area contributed by atoms with Crippen LogP contribution in [0.15, 0.2) is 22.7 Å². The lowest BCUT2D eigenvalue weighted by Gasteiger charge is -1.98. The molecule has 5 heteroatoms. The van der Waals surface area contributed by atoms with E-state index in [0.29, 0.717) is 18.3 Å². The van der Waals surface area contributed by atoms with Crippen molar-refractivity contribution in [1.82, 2.24) is 15.5 Å². The van der Waals surface area contributed by atoms with E-state index in [4.69, 9.17) is 16.1 Å². The molecule has 2 rings (SSSR count). The summed E-state index contributed by atoms with van der Waals surface area (Å²) in [4.78, 5) is 4.26. The van der Waals surface area contributed by atoms with Crippen molar-refractivity contribution in [2.45, 2.75) is 13.5 Å². The van der Waals surface area contributed by atoms with Crippen molar-refractivity contribution >= 4 is 11.6 Å². The maximum Gasteiger partial charge on any atom is 0.257 e. The smallest absolute Gasteiger partial charge is 0.257 e. The standard InChI is InChI=1S/C11H12ClN3O/c1-7-5-8(3-4-9(7)12)11-14-10(6-13-2)15-16-11/h3-5,13H,6H2,1-2H3. The molecule has 0 amide bonds.